The predicted octanol–water partition coefficient (Wildman–Crippen LogP) is 2.69. The van der Waals surface area contributed by atoms with Crippen LogP contribution in [0.4, 0.5) is 0 Å². The summed E-state index contributed by atoms with van der Waals surface area (Å²) in [6.45, 7) is 0.742. The summed E-state index contributed by atoms with van der Waals surface area (Å²) in [7, 11) is 1.93. The van der Waals surface area contributed by atoms with Gasteiger partial charge in [-0.15, -0.1) is 0 Å². The van der Waals surface area contributed by atoms with Crippen molar-refractivity contribution in [2.75, 3.05) is 7.05 Å². The van der Waals surface area contributed by atoms with Gasteiger partial charge in [-0.05, 0) is 36.7 Å². The van der Waals surface area contributed by atoms with Gasteiger partial charge < -0.3 is 4.90 Å². The summed E-state index contributed by atoms with van der Waals surface area (Å²) in [4.78, 5) is 14.1. The zero-order chi connectivity index (χ0) is 11.8. The van der Waals surface area contributed by atoms with Crippen LogP contribution >= 0.6 is 0 Å². The van der Waals surface area contributed by atoms with E-state index in [0.717, 1.165) is 31.2 Å². The molecule has 17 heavy (non-hydrogen) atoms. The third-order valence-electron chi connectivity index (χ3n) is 4.23. The Labute approximate surface area is 103 Å². The van der Waals surface area contributed by atoms with E-state index >= 15 is 0 Å². The molecule has 0 N–H and O–H groups in total. The fourth-order valence-corrected chi connectivity index (χ4v) is 3.16. The van der Waals surface area contributed by atoms with Crippen molar-refractivity contribution in [3.05, 3.63) is 35.9 Å². The van der Waals surface area contributed by atoms with Gasteiger partial charge in [0.05, 0.1) is 0 Å². The standard InChI is InChI=1S/C15H19NO/c1-16(10-11-5-3-2-4-6-11)15(17)14-8-12-7-13(12)9-14/h2-6,12-14H,7-10H2,1H3. The van der Waals surface area contributed by atoms with Crippen LogP contribution in [0, 0.1) is 17.8 Å². The number of benzene rings is 1. The molecule has 2 saturated carbocycles. The minimum Gasteiger partial charge on any atom is -0.341 e. The van der Waals surface area contributed by atoms with E-state index in [9.17, 15) is 4.79 Å². The smallest absolute Gasteiger partial charge is 0.225 e. The number of carbonyl (C=O) groups excluding carboxylic acids is 1. The van der Waals surface area contributed by atoms with Crippen LogP contribution in [0.1, 0.15) is 24.8 Å². The number of hydrogen-bond donors (Lipinski definition) is 0. The Kier molecular flexibility index (Phi) is 2.65. The average molecular weight is 229 g/mol. The van der Waals surface area contributed by atoms with Gasteiger partial charge in [0.1, 0.15) is 0 Å². The molecule has 1 aromatic rings. The Balaban J connectivity index is 1.58. The highest BCUT2D eigenvalue weighted by molar-refractivity contribution is 5.79. The maximum atomic E-state index is 12.2. The van der Waals surface area contributed by atoms with Crippen molar-refractivity contribution in [1.29, 1.82) is 0 Å². The topological polar surface area (TPSA) is 20.3 Å². The summed E-state index contributed by atoms with van der Waals surface area (Å²) in [6.07, 6.45) is 3.66. The summed E-state index contributed by atoms with van der Waals surface area (Å²) in [5.74, 6) is 2.43. The quantitative estimate of drug-likeness (QED) is 0.780. The second-order valence-electron chi connectivity index (χ2n) is 5.60. The fraction of sp³-hybridized carbons (Fsp3) is 0.533. The largest absolute Gasteiger partial charge is 0.341 e. The number of carbonyl (C=O) groups is 1. The Bertz CT molecular complexity index is 404. The van der Waals surface area contributed by atoms with Gasteiger partial charge in [0.15, 0.2) is 0 Å². The SMILES string of the molecule is CN(Cc1ccccc1)C(=O)C1CC2CC2C1. The van der Waals surface area contributed by atoms with Crippen molar-refractivity contribution in [2.45, 2.75) is 25.8 Å². The first-order valence-corrected chi connectivity index (χ1v) is 6.53. The Morgan fingerprint density at radius 3 is 2.47 bits per heavy atom. The van der Waals surface area contributed by atoms with Crippen LogP contribution in [0.5, 0.6) is 0 Å². The molecule has 2 nitrogen and oxygen atoms in total. The molecular formula is C15H19NO. The molecule has 0 heterocycles. The molecule has 0 saturated heterocycles. The highest BCUT2D eigenvalue weighted by atomic mass is 16.2. The van der Waals surface area contributed by atoms with Gasteiger partial charge in [-0.2, -0.15) is 0 Å². The van der Waals surface area contributed by atoms with E-state index in [1.54, 1.807) is 0 Å². The molecule has 3 rings (SSSR count). The molecule has 2 fully saturated rings. The molecule has 0 radical (unpaired) electrons. The van der Waals surface area contributed by atoms with Gasteiger partial charge in [-0.3, -0.25) is 4.79 Å². The maximum Gasteiger partial charge on any atom is 0.225 e. The monoisotopic (exact) mass is 229 g/mol. The highest BCUT2D eigenvalue weighted by Crippen LogP contribution is 2.54. The lowest BCUT2D eigenvalue weighted by molar-refractivity contribution is -0.134. The van der Waals surface area contributed by atoms with E-state index in [1.165, 1.54) is 12.0 Å². The van der Waals surface area contributed by atoms with E-state index < -0.39 is 0 Å². The zero-order valence-corrected chi connectivity index (χ0v) is 10.3. The van der Waals surface area contributed by atoms with Crippen LogP contribution in [0.3, 0.4) is 0 Å². The number of fused-ring (bicyclic) bond motifs is 1. The van der Waals surface area contributed by atoms with Gasteiger partial charge in [0.25, 0.3) is 0 Å². The fourth-order valence-electron chi connectivity index (χ4n) is 3.16. The lowest BCUT2D eigenvalue weighted by Crippen LogP contribution is -2.31. The van der Waals surface area contributed by atoms with E-state index in [-0.39, 0.29) is 0 Å². The van der Waals surface area contributed by atoms with Gasteiger partial charge in [0.2, 0.25) is 5.91 Å². The van der Waals surface area contributed by atoms with Crippen LogP contribution in [0.2, 0.25) is 0 Å². The lowest BCUT2D eigenvalue weighted by atomic mass is 10.0. The summed E-state index contributed by atoms with van der Waals surface area (Å²) in [6, 6.07) is 10.2. The normalized spacial score (nSPS) is 29.8. The first-order valence-electron chi connectivity index (χ1n) is 6.53. The van der Waals surface area contributed by atoms with Crippen LogP contribution in [-0.2, 0) is 11.3 Å². The molecule has 2 aliphatic carbocycles. The van der Waals surface area contributed by atoms with Gasteiger partial charge in [-0.25, -0.2) is 0 Å². The molecular weight excluding hydrogens is 210 g/mol. The van der Waals surface area contributed by atoms with E-state index in [2.05, 4.69) is 12.1 Å². The third kappa shape index (κ3) is 2.21. The molecule has 0 aliphatic heterocycles. The zero-order valence-electron chi connectivity index (χ0n) is 10.3. The second kappa shape index (κ2) is 4.17. The van der Waals surface area contributed by atoms with E-state index in [4.69, 9.17) is 0 Å². The molecule has 2 atom stereocenters. The van der Waals surface area contributed by atoms with Crippen LogP contribution in [0.25, 0.3) is 0 Å². The van der Waals surface area contributed by atoms with Crippen LogP contribution in [0.15, 0.2) is 30.3 Å². The molecule has 90 valence electrons. The summed E-state index contributed by atoms with van der Waals surface area (Å²) >= 11 is 0. The molecule has 0 aromatic heterocycles. The van der Waals surface area contributed by atoms with E-state index in [1.807, 2.05) is 30.1 Å². The number of rotatable bonds is 3. The molecule has 1 amide bonds. The van der Waals surface area contributed by atoms with Crippen LogP contribution in [-0.4, -0.2) is 17.9 Å². The minimum atomic E-state index is 0.312. The Morgan fingerprint density at radius 1 is 1.18 bits per heavy atom. The van der Waals surface area contributed by atoms with Crippen molar-refractivity contribution < 1.29 is 4.79 Å². The van der Waals surface area contributed by atoms with Gasteiger partial charge in [-0.1, -0.05) is 30.3 Å². The van der Waals surface area contributed by atoms with Crippen molar-refractivity contribution in [1.82, 2.24) is 4.90 Å². The molecule has 2 heteroatoms. The second-order valence-corrected chi connectivity index (χ2v) is 5.60. The first-order chi connectivity index (χ1) is 8.24. The van der Waals surface area contributed by atoms with Crippen molar-refractivity contribution in [3.63, 3.8) is 0 Å². The summed E-state index contributed by atoms with van der Waals surface area (Å²) < 4.78 is 0. The van der Waals surface area contributed by atoms with Crippen molar-refractivity contribution >= 4 is 5.91 Å². The number of hydrogen-bond acceptors (Lipinski definition) is 1. The molecule has 2 unspecified atom stereocenters. The molecule has 0 spiro atoms. The minimum absolute atomic E-state index is 0.312. The van der Waals surface area contributed by atoms with Crippen molar-refractivity contribution in [3.8, 4) is 0 Å². The Hall–Kier alpha value is -1.31. The first kappa shape index (κ1) is 10.8. The van der Waals surface area contributed by atoms with Crippen molar-refractivity contribution in [2.24, 2.45) is 17.8 Å². The van der Waals surface area contributed by atoms with Crippen LogP contribution < -0.4 is 0 Å². The molecule has 0 bridgehead atoms. The predicted molar refractivity (Wildman–Crippen MR) is 67.2 cm³/mol. The van der Waals surface area contributed by atoms with Gasteiger partial charge in [0, 0.05) is 19.5 Å². The molecule has 1 aromatic carbocycles. The molecule has 2 aliphatic rings. The van der Waals surface area contributed by atoms with E-state index in [0.29, 0.717) is 11.8 Å². The third-order valence-corrected chi connectivity index (χ3v) is 4.23. The average Bonchev–Trinajstić information content (AvgIpc) is 2.96. The summed E-state index contributed by atoms with van der Waals surface area (Å²) in [5, 5.41) is 0. The number of amides is 1. The highest BCUT2D eigenvalue weighted by Gasteiger charge is 2.48. The maximum absolute atomic E-state index is 12.2. The number of nitrogens with zero attached hydrogens (tertiary/aromatic N) is 1. The lowest BCUT2D eigenvalue weighted by Gasteiger charge is -2.22. The summed E-state index contributed by atoms with van der Waals surface area (Å²) in [5.41, 5.74) is 1.21. The van der Waals surface area contributed by atoms with Gasteiger partial charge >= 0.3 is 0 Å². The Morgan fingerprint density at radius 2 is 1.82 bits per heavy atom.